The fraction of sp³-hybridized carbons (Fsp3) is 0.643. The smallest absolute Gasteiger partial charge is 0.157 e. The average molecular weight is 280 g/mol. The minimum absolute atomic E-state index is 0.382. The lowest BCUT2D eigenvalue weighted by Gasteiger charge is -2.25. The summed E-state index contributed by atoms with van der Waals surface area (Å²) in [5.74, 6) is 2.10. The van der Waals surface area contributed by atoms with Gasteiger partial charge in [0.05, 0.1) is 12.1 Å². The topological polar surface area (TPSA) is 24.4 Å². The Morgan fingerprint density at radius 3 is 3.06 bits per heavy atom. The number of thiophene rings is 1. The molecule has 0 radical (unpaired) electrons. The van der Waals surface area contributed by atoms with Crippen molar-refractivity contribution >= 4 is 28.3 Å². The van der Waals surface area contributed by atoms with Crippen LogP contribution in [-0.2, 0) is 0 Å². The van der Waals surface area contributed by atoms with Crippen LogP contribution in [0.25, 0.3) is 0 Å². The van der Waals surface area contributed by atoms with Crippen LogP contribution in [0.4, 0.5) is 0 Å². The highest BCUT2D eigenvalue weighted by molar-refractivity contribution is 8.13. The predicted octanol–water partition coefficient (Wildman–Crippen LogP) is 3.98. The highest BCUT2D eigenvalue weighted by Crippen LogP contribution is 2.35. The van der Waals surface area contributed by atoms with Crippen molar-refractivity contribution in [2.45, 2.75) is 45.2 Å². The first kappa shape index (κ1) is 12.5. The first-order valence-electron chi connectivity index (χ1n) is 6.76. The van der Waals surface area contributed by atoms with Crippen LogP contribution >= 0.6 is 23.1 Å². The first-order valence-corrected chi connectivity index (χ1v) is 8.56. The molecule has 1 aliphatic carbocycles. The second-order valence-corrected chi connectivity index (χ2v) is 7.65. The highest BCUT2D eigenvalue weighted by Gasteiger charge is 2.31. The van der Waals surface area contributed by atoms with E-state index in [2.05, 4.69) is 31.3 Å². The van der Waals surface area contributed by atoms with Crippen molar-refractivity contribution in [3.8, 4) is 0 Å². The van der Waals surface area contributed by atoms with Crippen molar-refractivity contribution in [3.05, 3.63) is 21.9 Å². The van der Waals surface area contributed by atoms with Crippen LogP contribution in [0, 0.1) is 12.8 Å². The molecule has 3 rings (SSSR count). The molecule has 1 aromatic heterocycles. The molecule has 18 heavy (non-hydrogen) atoms. The molecule has 2 nitrogen and oxygen atoms in total. The molecule has 0 aromatic carbocycles. The maximum absolute atomic E-state index is 4.89. The molecule has 0 amide bonds. The van der Waals surface area contributed by atoms with E-state index in [4.69, 9.17) is 4.99 Å². The summed E-state index contributed by atoms with van der Waals surface area (Å²) < 4.78 is 0. The van der Waals surface area contributed by atoms with Gasteiger partial charge in [-0.05, 0) is 44.7 Å². The number of aliphatic imine (C=N–C) groups is 1. The molecule has 1 N–H and O–H groups in total. The van der Waals surface area contributed by atoms with Crippen LogP contribution < -0.4 is 5.32 Å². The highest BCUT2D eigenvalue weighted by atomic mass is 32.2. The van der Waals surface area contributed by atoms with Gasteiger partial charge in [-0.15, -0.1) is 11.3 Å². The molecule has 1 saturated carbocycles. The van der Waals surface area contributed by atoms with Gasteiger partial charge >= 0.3 is 0 Å². The number of hydrogen-bond donors (Lipinski definition) is 1. The average Bonchev–Trinajstić information content (AvgIpc) is 2.96. The van der Waals surface area contributed by atoms with Gasteiger partial charge in [0.1, 0.15) is 0 Å². The van der Waals surface area contributed by atoms with Gasteiger partial charge in [-0.2, -0.15) is 0 Å². The van der Waals surface area contributed by atoms with Gasteiger partial charge in [0.2, 0.25) is 0 Å². The van der Waals surface area contributed by atoms with E-state index in [1.807, 2.05) is 23.1 Å². The molecule has 3 atom stereocenters. The lowest BCUT2D eigenvalue weighted by atomic mass is 10.1. The third-order valence-corrected chi connectivity index (χ3v) is 6.14. The van der Waals surface area contributed by atoms with Gasteiger partial charge in [0, 0.05) is 15.5 Å². The minimum atomic E-state index is 0.382. The summed E-state index contributed by atoms with van der Waals surface area (Å²) in [5.41, 5.74) is 0. The largest absolute Gasteiger partial charge is 0.358 e. The zero-order valence-corrected chi connectivity index (χ0v) is 12.6. The molecular weight excluding hydrogens is 260 g/mol. The Kier molecular flexibility index (Phi) is 3.66. The molecule has 4 heteroatoms. The third kappa shape index (κ3) is 2.59. The van der Waals surface area contributed by atoms with Gasteiger partial charge in [-0.1, -0.05) is 18.2 Å². The first-order chi connectivity index (χ1) is 8.72. The number of nitrogens with zero attached hydrogens (tertiary/aromatic N) is 1. The van der Waals surface area contributed by atoms with Gasteiger partial charge in [-0.3, -0.25) is 4.99 Å². The zero-order valence-electron chi connectivity index (χ0n) is 11.0. The Morgan fingerprint density at radius 1 is 1.39 bits per heavy atom. The minimum Gasteiger partial charge on any atom is -0.358 e. The normalized spacial score (nSPS) is 28.7. The predicted molar refractivity (Wildman–Crippen MR) is 81.6 cm³/mol. The second-order valence-electron chi connectivity index (χ2n) is 5.32. The quantitative estimate of drug-likeness (QED) is 0.886. The Labute approximate surface area is 117 Å². The van der Waals surface area contributed by atoms with E-state index in [0.29, 0.717) is 12.1 Å². The molecule has 0 saturated heterocycles. The maximum Gasteiger partial charge on any atom is 0.157 e. The molecule has 2 aliphatic rings. The Balaban J connectivity index is 1.66. The fourth-order valence-corrected chi connectivity index (χ4v) is 4.89. The number of aryl methyl sites for hydroxylation is 1. The lowest BCUT2D eigenvalue weighted by Crippen LogP contribution is -2.31. The number of fused-ring (bicyclic) bond motifs is 1. The number of rotatable bonds is 2. The molecule has 3 unspecified atom stereocenters. The standard InChI is InChI=1S/C14H20N2S2/c1-9-6-7-13(18-9)10(2)15-14-16-12-5-3-4-11(12)8-17-14/h6-7,10-12H,3-5,8H2,1-2H3,(H,15,16). The molecule has 0 bridgehead atoms. The molecule has 1 aliphatic heterocycles. The van der Waals surface area contributed by atoms with Crippen LogP contribution in [0.2, 0.25) is 0 Å². The molecule has 1 aromatic rings. The SMILES string of the molecule is Cc1ccc(C(C)NC2=NC3CCCC3CS2)s1. The van der Waals surface area contributed by atoms with E-state index in [1.165, 1.54) is 34.8 Å². The summed E-state index contributed by atoms with van der Waals surface area (Å²) in [6.07, 6.45) is 4.05. The van der Waals surface area contributed by atoms with E-state index in [-0.39, 0.29) is 0 Å². The Hall–Kier alpha value is -0.480. The van der Waals surface area contributed by atoms with Crippen LogP contribution in [0.3, 0.4) is 0 Å². The maximum atomic E-state index is 4.89. The van der Waals surface area contributed by atoms with Crippen LogP contribution in [0.1, 0.15) is 42.0 Å². The van der Waals surface area contributed by atoms with Crippen LogP contribution in [0.15, 0.2) is 17.1 Å². The summed E-state index contributed by atoms with van der Waals surface area (Å²) in [6.45, 7) is 4.39. The van der Waals surface area contributed by atoms with Crippen LogP contribution in [-0.4, -0.2) is 17.0 Å². The number of amidine groups is 1. The second kappa shape index (κ2) is 5.25. The number of thioether (sulfide) groups is 1. The third-order valence-electron chi connectivity index (χ3n) is 3.86. The van der Waals surface area contributed by atoms with Gasteiger partial charge in [0.25, 0.3) is 0 Å². The molecule has 98 valence electrons. The fourth-order valence-electron chi connectivity index (χ4n) is 2.78. The van der Waals surface area contributed by atoms with Crippen molar-refractivity contribution in [1.82, 2.24) is 5.32 Å². The van der Waals surface area contributed by atoms with Crippen molar-refractivity contribution in [1.29, 1.82) is 0 Å². The molecular formula is C14H20N2S2. The monoisotopic (exact) mass is 280 g/mol. The lowest BCUT2D eigenvalue weighted by molar-refractivity contribution is 0.531. The summed E-state index contributed by atoms with van der Waals surface area (Å²) in [6, 6.07) is 5.41. The Bertz CT molecular complexity index is 452. The van der Waals surface area contributed by atoms with E-state index >= 15 is 0 Å². The van der Waals surface area contributed by atoms with Crippen molar-refractivity contribution in [2.75, 3.05) is 5.75 Å². The summed E-state index contributed by atoms with van der Waals surface area (Å²) in [7, 11) is 0. The summed E-state index contributed by atoms with van der Waals surface area (Å²) >= 11 is 3.79. The van der Waals surface area contributed by atoms with E-state index in [0.717, 1.165) is 11.1 Å². The number of hydrogen-bond acceptors (Lipinski definition) is 4. The van der Waals surface area contributed by atoms with Gasteiger partial charge in [0.15, 0.2) is 5.17 Å². The van der Waals surface area contributed by atoms with E-state index in [9.17, 15) is 0 Å². The van der Waals surface area contributed by atoms with E-state index in [1.54, 1.807) is 0 Å². The van der Waals surface area contributed by atoms with Crippen molar-refractivity contribution in [3.63, 3.8) is 0 Å². The van der Waals surface area contributed by atoms with E-state index < -0.39 is 0 Å². The molecule has 2 heterocycles. The zero-order chi connectivity index (χ0) is 12.5. The number of nitrogens with one attached hydrogen (secondary N) is 1. The summed E-state index contributed by atoms with van der Waals surface area (Å²) in [4.78, 5) is 7.68. The van der Waals surface area contributed by atoms with Gasteiger partial charge < -0.3 is 5.32 Å². The summed E-state index contributed by atoms with van der Waals surface area (Å²) in [5, 5.41) is 4.75. The Morgan fingerprint density at radius 2 is 2.28 bits per heavy atom. The van der Waals surface area contributed by atoms with Crippen LogP contribution in [0.5, 0.6) is 0 Å². The molecule has 1 fully saturated rings. The molecule has 0 spiro atoms. The van der Waals surface area contributed by atoms with Gasteiger partial charge in [-0.25, -0.2) is 0 Å². The van der Waals surface area contributed by atoms with Crippen molar-refractivity contribution < 1.29 is 0 Å². The van der Waals surface area contributed by atoms with Crippen molar-refractivity contribution in [2.24, 2.45) is 10.9 Å².